The molecule has 0 unspecified atom stereocenters. The van der Waals surface area contributed by atoms with E-state index in [4.69, 9.17) is 5.14 Å². The van der Waals surface area contributed by atoms with E-state index in [9.17, 15) is 18.0 Å². The van der Waals surface area contributed by atoms with E-state index in [1.165, 1.54) is 24.3 Å². The Morgan fingerprint density at radius 1 is 0.957 bits per heavy atom. The molecule has 8 heteroatoms. The van der Waals surface area contributed by atoms with Gasteiger partial charge < -0.3 is 5.32 Å². The number of nitrogens with one attached hydrogen (secondary N) is 1. The number of nitrogens with two attached hydrogens (primary N) is 1. The molecule has 1 aliphatic heterocycles. The number of anilines is 1. The van der Waals surface area contributed by atoms with E-state index in [0.717, 1.165) is 4.90 Å². The molecule has 1 fully saturated rings. The first-order valence-corrected chi connectivity index (χ1v) is 8.25. The number of nitrogens with zero attached hydrogens (tertiary/aromatic N) is 1. The second-order valence-corrected chi connectivity index (χ2v) is 6.57. The molecule has 0 bridgehead atoms. The molecule has 1 atom stereocenters. The van der Waals surface area contributed by atoms with Gasteiger partial charge in [0.05, 0.1) is 10.6 Å². The number of imide groups is 1. The van der Waals surface area contributed by atoms with E-state index in [-0.39, 0.29) is 10.6 Å². The molecule has 2 aromatic carbocycles. The van der Waals surface area contributed by atoms with Gasteiger partial charge in [-0.05, 0) is 29.8 Å². The highest BCUT2D eigenvalue weighted by molar-refractivity contribution is 7.89. The van der Waals surface area contributed by atoms with Crippen LogP contribution in [0.25, 0.3) is 0 Å². The standard InChI is InChI=1S/C15H13N3O4S/c16-23(21,22)12-8-6-11(7-9-12)18-14(19)13(17-15(18)20)10-4-2-1-3-5-10/h1-9,13H,(H,17,20)(H2,16,21,22)/t13-/m0/s1. The van der Waals surface area contributed by atoms with Crippen molar-refractivity contribution in [2.75, 3.05) is 4.90 Å². The van der Waals surface area contributed by atoms with E-state index in [2.05, 4.69) is 5.32 Å². The van der Waals surface area contributed by atoms with Gasteiger partial charge in [-0.25, -0.2) is 23.3 Å². The Morgan fingerprint density at radius 2 is 1.57 bits per heavy atom. The lowest BCUT2D eigenvalue weighted by Gasteiger charge is -2.13. The number of primary sulfonamides is 1. The predicted octanol–water partition coefficient (Wildman–Crippen LogP) is 1.13. The van der Waals surface area contributed by atoms with Crippen LogP contribution in [0.1, 0.15) is 11.6 Å². The number of benzene rings is 2. The zero-order valence-corrected chi connectivity index (χ0v) is 12.7. The van der Waals surface area contributed by atoms with Crippen molar-refractivity contribution >= 4 is 27.6 Å². The molecule has 3 amide bonds. The Balaban J connectivity index is 1.92. The maximum atomic E-state index is 12.5. The molecule has 2 aromatic rings. The summed E-state index contributed by atoms with van der Waals surface area (Å²) in [5, 5.41) is 7.63. The predicted molar refractivity (Wildman–Crippen MR) is 83.0 cm³/mol. The van der Waals surface area contributed by atoms with Crippen molar-refractivity contribution < 1.29 is 18.0 Å². The molecule has 7 nitrogen and oxygen atoms in total. The zero-order valence-electron chi connectivity index (χ0n) is 11.8. The summed E-state index contributed by atoms with van der Waals surface area (Å²) in [6.07, 6.45) is 0. The fourth-order valence-corrected chi connectivity index (χ4v) is 2.90. The summed E-state index contributed by atoms with van der Waals surface area (Å²) in [6, 6.07) is 12.8. The van der Waals surface area contributed by atoms with Crippen LogP contribution in [0.5, 0.6) is 0 Å². The number of rotatable bonds is 3. The number of sulfonamides is 1. The smallest absolute Gasteiger partial charge is 0.321 e. The molecule has 3 rings (SSSR count). The van der Waals surface area contributed by atoms with E-state index < -0.39 is 28.0 Å². The van der Waals surface area contributed by atoms with Crippen LogP contribution in [0.2, 0.25) is 0 Å². The third kappa shape index (κ3) is 2.81. The summed E-state index contributed by atoms with van der Waals surface area (Å²) < 4.78 is 22.5. The Hall–Kier alpha value is -2.71. The Labute approximate surface area is 132 Å². The number of urea groups is 1. The van der Waals surface area contributed by atoms with Gasteiger partial charge in [0.15, 0.2) is 0 Å². The molecule has 118 valence electrons. The number of amides is 3. The summed E-state index contributed by atoms with van der Waals surface area (Å²) in [6.45, 7) is 0. The van der Waals surface area contributed by atoms with Gasteiger partial charge in [0.25, 0.3) is 5.91 Å². The number of carbonyl (C=O) groups excluding carboxylic acids is 2. The van der Waals surface area contributed by atoms with Crippen molar-refractivity contribution in [1.29, 1.82) is 0 Å². The SMILES string of the molecule is NS(=O)(=O)c1ccc(N2C(=O)N[C@@H](c3ccccc3)C2=O)cc1. The highest BCUT2D eigenvalue weighted by atomic mass is 32.2. The Kier molecular flexibility index (Phi) is 3.63. The van der Waals surface area contributed by atoms with Gasteiger partial charge >= 0.3 is 6.03 Å². The number of hydrogen-bond acceptors (Lipinski definition) is 4. The Morgan fingerprint density at radius 3 is 2.13 bits per heavy atom. The molecular formula is C15H13N3O4S. The molecule has 0 saturated carbocycles. The number of hydrogen-bond donors (Lipinski definition) is 2. The first kappa shape index (κ1) is 15.2. The van der Waals surface area contributed by atoms with Crippen LogP contribution >= 0.6 is 0 Å². The summed E-state index contributed by atoms with van der Waals surface area (Å²) >= 11 is 0. The molecule has 1 aliphatic rings. The highest BCUT2D eigenvalue weighted by Gasteiger charge is 2.39. The Bertz CT molecular complexity index is 863. The van der Waals surface area contributed by atoms with Gasteiger partial charge in [0.2, 0.25) is 10.0 Å². The van der Waals surface area contributed by atoms with Gasteiger partial charge in [-0.2, -0.15) is 0 Å². The van der Waals surface area contributed by atoms with Crippen molar-refractivity contribution in [3.05, 3.63) is 60.2 Å². The molecular weight excluding hydrogens is 318 g/mol. The largest absolute Gasteiger partial charge is 0.329 e. The first-order valence-electron chi connectivity index (χ1n) is 6.70. The monoisotopic (exact) mass is 331 g/mol. The third-order valence-electron chi connectivity index (χ3n) is 3.49. The van der Waals surface area contributed by atoms with Gasteiger partial charge in [-0.1, -0.05) is 30.3 Å². The zero-order chi connectivity index (χ0) is 16.6. The molecule has 0 aromatic heterocycles. The molecule has 1 heterocycles. The fraction of sp³-hybridized carbons (Fsp3) is 0.0667. The van der Waals surface area contributed by atoms with Crippen LogP contribution in [-0.2, 0) is 14.8 Å². The van der Waals surface area contributed by atoms with Gasteiger partial charge in [0.1, 0.15) is 6.04 Å². The van der Waals surface area contributed by atoms with Crippen LogP contribution in [0.4, 0.5) is 10.5 Å². The normalized spacial score (nSPS) is 18.1. The third-order valence-corrected chi connectivity index (χ3v) is 4.42. The van der Waals surface area contributed by atoms with Crippen LogP contribution < -0.4 is 15.4 Å². The first-order chi connectivity index (χ1) is 10.9. The van der Waals surface area contributed by atoms with Crippen molar-refractivity contribution in [2.24, 2.45) is 5.14 Å². The van der Waals surface area contributed by atoms with Crippen molar-refractivity contribution in [3.8, 4) is 0 Å². The topological polar surface area (TPSA) is 110 Å². The average Bonchev–Trinajstić information content (AvgIpc) is 2.82. The van der Waals surface area contributed by atoms with Crippen molar-refractivity contribution in [1.82, 2.24) is 5.32 Å². The molecule has 3 N–H and O–H groups in total. The lowest BCUT2D eigenvalue weighted by atomic mass is 10.1. The van der Waals surface area contributed by atoms with Crippen LogP contribution in [0.15, 0.2) is 59.5 Å². The summed E-state index contributed by atoms with van der Waals surface area (Å²) in [5.41, 5.74) is 0.952. The van der Waals surface area contributed by atoms with Crippen LogP contribution in [0, 0.1) is 0 Å². The summed E-state index contributed by atoms with van der Waals surface area (Å²) in [7, 11) is -3.83. The van der Waals surface area contributed by atoms with Gasteiger partial charge in [0, 0.05) is 0 Å². The molecule has 23 heavy (non-hydrogen) atoms. The molecule has 0 aliphatic carbocycles. The number of carbonyl (C=O) groups is 2. The molecule has 0 spiro atoms. The second kappa shape index (κ2) is 5.49. The maximum Gasteiger partial charge on any atom is 0.329 e. The molecule has 0 radical (unpaired) electrons. The lowest BCUT2D eigenvalue weighted by Crippen LogP contribution is -2.30. The summed E-state index contributed by atoms with van der Waals surface area (Å²) in [5.74, 6) is -0.426. The highest BCUT2D eigenvalue weighted by Crippen LogP contribution is 2.27. The molecule has 1 saturated heterocycles. The minimum atomic E-state index is -3.83. The quantitative estimate of drug-likeness (QED) is 0.822. The van der Waals surface area contributed by atoms with Gasteiger partial charge in [-0.3, -0.25) is 4.79 Å². The lowest BCUT2D eigenvalue weighted by molar-refractivity contribution is -0.118. The van der Waals surface area contributed by atoms with E-state index >= 15 is 0 Å². The fourth-order valence-electron chi connectivity index (χ4n) is 2.38. The van der Waals surface area contributed by atoms with Crippen molar-refractivity contribution in [2.45, 2.75) is 10.9 Å². The van der Waals surface area contributed by atoms with Crippen LogP contribution in [-0.4, -0.2) is 20.4 Å². The maximum absolute atomic E-state index is 12.5. The second-order valence-electron chi connectivity index (χ2n) is 5.01. The summed E-state index contributed by atoms with van der Waals surface area (Å²) in [4.78, 5) is 25.5. The van der Waals surface area contributed by atoms with E-state index in [0.29, 0.717) is 5.56 Å². The van der Waals surface area contributed by atoms with Crippen molar-refractivity contribution in [3.63, 3.8) is 0 Å². The minimum Gasteiger partial charge on any atom is -0.321 e. The van der Waals surface area contributed by atoms with E-state index in [1.807, 2.05) is 6.07 Å². The average molecular weight is 331 g/mol. The van der Waals surface area contributed by atoms with E-state index in [1.54, 1.807) is 24.3 Å². The van der Waals surface area contributed by atoms with Gasteiger partial charge in [-0.15, -0.1) is 0 Å². The van der Waals surface area contributed by atoms with Crippen LogP contribution in [0.3, 0.4) is 0 Å². The minimum absolute atomic E-state index is 0.0899.